The normalized spacial score (nSPS) is 15.7. The van der Waals surface area contributed by atoms with Gasteiger partial charge in [0, 0.05) is 38.2 Å². The maximum absolute atomic E-state index is 6.14. The van der Waals surface area contributed by atoms with Crippen molar-refractivity contribution in [1.82, 2.24) is 10.6 Å². The monoisotopic (exact) mass is 553 g/mol. The predicted octanol–water partition coefficient (Wildman–Crippen LogP) is 4.33. The summed E-state index contributed by atoms with van der Waals surface area (Å²) in [6.45, 7) is 5.95. The predicted molar refractivity (Wildman–Crippen MR) is 141 cm³/mol. The number of aryl methyl sites for hydroxylation is 2. The molecule has 0 amide bonds. The number of rotatable bonds is 10. The third-order valence-corrected chi connectivity index (χ3v) is 5.48. The van der Waals surface area contributed by atoms with Gasteiger partial charge in [-0.25, -0.2) is 0 Å². The Balaban J connectivity index is 0.00000363. The number of halogens is 1. The van der Waals surface area contributed by atoms with E-state index in [1.807, 2.05) is 12.1 Å². The molecule has 3 rings (SSSR count). The van der Waals surface area contributed by atoms with Crippen LogP contribution in [0.25, 0.3) is 0 Å². The average molecular weight is 553 g/mol. The van der Waals surface area contributed by atoms with Crippen molar-refractivity contribution < 1.29 is 14.2 Å². The Labute approximate surface area is 209 Å². The molecule has 1 aliphatic heterocycles. The van der Waals surface area contributed by atoms with Crippen LogP contribution in [-0.2, 0) is 17.7 Å². The summed E-state index contributed by atoms with van der Waals surface area (Å²) in [4.78, 5) is 4.35. The minimum absolute atomic E-state index is 0. The molecular formula is C25H36IN3O3. The Morgan fingerprint density at radius 3 is 2.66 bits per heavy atom. The fraction of sp³-hybridized carbons (Fsp3) is 0.480. The molecule has 1 fully saturated rings. The quantitative estimate of drug-likeness (QED) is 0.199. The third kappa shape index (κ3) is 8.50. The number of nitrogens with one attached hydrogen (secondary N) is 2. The lowest BCUT2D eigenvalue weighted by Crippen LogP contribution is -2.37. The molecule has 0 aliphatic carbocycles. The molecule has 2 N–H and O–H groups in total. The van der Waals surface area contributed by atoms with Crippen molar-refractivity contribution in [2.75, 3.05) is 40.5 Å². The van der Waals surface area contributed by atoms with Gasteiger partial charge >= 0.3 is 0 Å². The molecule has 2 aromatic rings. The lowest BCUT2D eigenvalue weighted by molar-refractivity contribution is 0.166. The largest absolute Gasteiger partial charge is 0.497 e. The van der Waals surface area contributed by atoms with Crippen LogP contribution in [0.5, 0.6) is 11.5 Å². The molecule has 0 radical (unpaired) electrons. The molecule has 7 heteroatoms. The molecule has 0 spiro atoms. The summed E-state index contributed by atoms with van der Waals surface area (Å²) < 4.78 is 16.8. The summed E-state index contributed by atoms with van der Waals surface area (Å²) in [5.41, 5.74) is 3.63. The highest BCUT2D eigenvalue weighted by molar-refractivity contribution is 14.0. The zero-order valence-corrected chi connectivity index (χ0v) is 21.7. The molecule has 1 unspecified atom stereocenters. The zero-order chi connectivity index (χ0) is 21.9. The van der Waals surface area contributed by atoms with Crippen LogP contribution in [0, 0.1) is 12.8 Å². The van der Waals surface area contributed by atoms with Gasteiger partial charge in [0.15, 0.2) is 5.96 Å². The Hall–Kier alpha value is -2.00. The van der Waals surface area contributed by atoms with E-state index in [9.17, 15) is 0 Å². The van der Waals surface area contributed by atoms with Crippen molar-refractivity contribution in [2.45, 2.75) is 32.7 Å². The van der Waals surface area contributed by atoms with Gasteiger partial charge in [0.1, 0.15) is 11.5 Å². The van der Waals surface area contributed by atoms with Crippen LogP contribution in [0.2, 0.25) is 0 Å². The molecule has 1 saturated heterocycles. The van der Waals surface area contributed by atoms with E-state index in [0.29, 0.717) is 19.1 Å². The molecule has 2 aromatic carbocycles. The Bertz CT molecular complexity index is 837. The van der Waals surface area contributed by atoms with Gasteiger partial charge in [0.2, 0.25) is 0 Å². The summed E-state index contributed by atoms with van der Waals surface area (Å²) in [5, 5.41) is 6.80. The number of hydrogen-bond acceptors (Lipinski definition) is 4. The second-order valence-corrected chi connectivity index (χ2v) is 7.96. The molecule has 1 heterocycles. The van der Waals surface area contributed by atoms with Gasteiger partial charge in [0.25, 0.3) is 0 Å². The van der Waals surface area contributed by atoms with E-state index in [0.717, 1.165) is 62.0 Å². The summed E-state index contributed by atoms with van der Waals surface area (Å²) in [7, 11) is 3.49. The average Bonchev–Trinajstić information content (AvgIpc) is 3.32. The van der Waals surface area contributed by atoms with E-state index in [-0.39, 0.29) is 24.0 Å². The maximum Gasteiger partial charge on any atom is 0.191 e. The van der Waals surface area contributed by atoms with Gasteiger partial charge in [0.05, 0.1) is 20.3 Å². The second kappa shape index (κ2) is 14.2. The van der Waals surface area contributed by atoms with Crippen LogP contribution in [0.4, 0.5) is 0 Å². The van der Waals surface area contributed by atoms with Crippen molar-refractivity contribution in [2.24, 2.45) is 10.9 Å². The SMILES string of the molecule is CN=C(NCCCc1ccc(OC)cc1)NCc1ccc(C)cc1OCC1CCOC1.I. The molecule has 0 aromatic heterocycles. The Kier molecular flexibility index (Phi) is 11.7. The number of benzene rings is 2. The van der Waals surface area contributed by atoms with Crippen molar-refractivity contribution in [1.29, 1.82) is 0 Å². The first kappa shape index (κ1) is 26.3. The van der Waals surface area contributed by atoms with Crippen molar-refractivity contribution in [3.63, 3.8) is 0 Å². The van der Waals surface area contributed by atoms with Gasteiger partial charge in [-0.3, -0.25) is 4.99 Å². The van der Waals surface area contributed by atoms with Gasteiger partial charge in [-0.2, -0.15) is 0 Å². The van der Waals surface area contributed by atoms with Crippen LogP contribution >= 0.6 is 24.0 Å². The fourth-order valence-electron chi connectivity index (χ4n) is 3.56. The van der Waals surface area contributed by atoms with E-state index in [1.165, 1.54) is 11.1 Å². The minimum atomic E-state index is 0. The number of ether oxygens (including phenoxy) is 3. The summed E-state index contributed by atoms with van der Waals surface area (Å²) in [6.07, 6.45) is 3.11. The standard InChI is InChI=1S/C25H35N3O3.HI/c1-19-6-9-22(24(15-19)31-18-21-12-14-30-17-21)16-28-25(26-2)27-13-4-5-20-7-10-23(29-3)11-8-20;/h6-11,15,21H,4-5,12-14,16-18H2,1-3H3,(H2,26,27,28);1H. The maximum atomic E-state index is 6.14. The van der Waals surface area contributed by atoms with Crippen LogP contribution in [0.15, 0.2) is 47.5 Å². The molecule has 1 aliphatic rings. The first-order valence-electron chi connectivity index (χ1n) is 11.1. The Morgan fingerprint density at radius 1 is 1.16 bits per heavy atom. The van der Waals surface area contributed by atoms with E-state index in [1.54, 1.807) is 14.2 Å². The Morgan fingerprint density at radius 2 is 1.97 bits per heavy atom. The van der Waals surface area contributed by atoms with Crippen molar-refractivity contribution in [3.05, 3.63) is 59.2 Å². The zero-order valence-electron chi connectivity index (χ0n) is 19.4. The fourth-order valence-corrected chi connectivity index (χ4v) is 3.56. The van der Waals surface area contributed by atoms with Gasteiger partial charge in [-0.05, 0) is 55.5 Å². The highest BCUT2D eigenvalue weighted by atomic mass is 127. The lowest BCUT2D eigenvalue weighted by Gasteiger charge is -2.17. The van der Waals surface area contributed by atoms with Crippen LogP contribution in [0.3, 0.4) is 0 Å². The van der Waals surface area contributed by atoms with Crippen molar-refractivity contribution in [3.8, 4) is 11.5 Å². The topological polar surface area (TPSA) is 64.1 Å². The number of aliphatic imine (C=N–C) groups is 1. The first-order valence-corrected chi connectivity index (χ1v) is 11.1. The number of nitrogens with zero attached hydrogens (tertiary/aromatic N) is 1. The molecule has 6 nitrogen and oxygen atoms in total. The molecule has 0 bridgehead atoms. The molecule has 0 saturated carbocycles. The summed E-state index contributed by atoms with van der Waals surface area (Å²) in [5.74, 6) is 3.11. The van der Waals surface area contributed by atoms with Gasteiger partial charge in [-0.15, -0.1) is 24.0 Å². The lowest BCUT2D eigenvalue weighted by atomic mass is 10.1. The van der Waals surface area contributed by atoms with E-state index >= 15 is 0 Å². The first-order chi connectivity index (χ1) is 15.2. The van der Waals surface area contributed by atoms with Gasteiger partial charge in [-0.1, -0.05) is 24.3 Å². The molecule has 32 heavy (non-hydrogen) atoms. The highest BCUT2D eigenvalue weighted by Gasteiger charge is 2.17. The number of hydrogen-bond donors (Lipinski definition) is 2. The van der Waals surface area contributed by atoms with Gasteiger partial charge < -0.3 is 24.8 Å². The van der Waals surface area contributed by atoms with Crippen LogP contribution in [0.1, 0.15) is 29.5 Å². The molecular weight excluding hydrogens is 517 g/mol. The van der Waals surface area contributed by atoms with E-state index < -0.39 is 0 Å². The summed E-state index contributed by atoms with van der Waals surface area (Å²) in [6, 6.07) is 14.6. The number of methoxy groups -OCH3 is 1. The molecule has 1 atom stereocenters. The smallest absolute Gasteiger partial charge is 0.191 e. The van der Waals surface area contributed by atoms with E-state index in [2.05, 4.69) is 52.9 Å². The highest BCUT2D eigenvalue weighted by Crippen LogP contribution is 2.22. The second-order valence-electron chi connectivity index (χ2n) is 7.96. The molecule has 176 valence electrons. The van der Waals surface area contributed by atoms with Crippen LogP contribution in [-0.4, -0.2) is 46.5 Å². The van der Waals surface area contributed by atoms with E-state index in [4.69, 9.17) is 14.2 Å². The summed E-state index contributed by atoms with van der Waals surface area (Å²) >= 11 is 0. The minimum Gasteiger partial charge on any atom is -0.497 e. The van der Waals surface area contributed by atoms with Crippen molar-refractivity contribution >= 4 is 29.9 Å². The number of guanidine groups is 1. The third-order valence-electron chi connectivity index (χ3n) is 5.48. The van der Waals surface area contributed by atoms with Crippen LogP contribution < -0.4 is 20.1 Å².